The molecule has 0 unspecified atom stereocenters. The third kappa shape index (κ3) is 3.93. The van der Waals surface area contributed by atoms with Gasteiger partial charge in [-0.1, -0.05) is 19.1 Å². The number of methoxy groups -OCH3 is 2. The Morgan fingerprint density at radius 1 is 0.906 bits per heavy atom. The first-order chi connectivity index (χ1) is 15.4. The molecule has 0 bridgehead atoms. The molecule has 7 nitrogen and oxygen atoms in total. The van der Waals surface area contributed by atoms with Gasteiger partial charge in [0.25, 0.3) is 0 Å². The van der Waals surface area contributed by atoms with Gasteiger partial charge in [-0.3, -0.25) is 0 Å². The lowest BCUT2D eigenvalue weighted by Crippen LogP contribution is -2.05. The van der Waals surface area contributed by atoms with Gasteiger partial charge in [0.1, 0.15) is 0 Å². The zero-order valence-electron chi connectivity index (χ0n) is 18.5. The molecular weight excluding hydrogens is 426 g/mol. The number of rotatable bonds is 7. The van der Waals surface area contributed by atoms with Gasteiger partial charge < -0.3 is 9.47 Å². The smallest absolute Gasteiger partial charge is 0.178 e. The molecule has 2 aromatic carbocycles. The molecule has 0 fully saturated rings. The summed E-state index contributed by atoms with van der Waals surface area (Å²) in [6.45, 7) is 3.77. The molecule has 32 heavy (non-hydrogen) atoms. The molecule has 0 saturated heterocycles. The third-order valence-corrected chi connectivity index (χ3v) is 7.23. The minimum absolute atomic E-state index is 0.136. The lowest BCUT2D eigenvalue weighted by Gasteiger charge is -2.10. The Hall–Kier alpha value is -3.39. The van der Waals surface area contributed by atoms with E-state index in [1.807, 2.05) is 56.3 Å². The number of ether oxygens (including phenoxy) is 2. The zero-order valence-corrected chi connectivity index (χ0v) is 19.3. The van der Waals surface area contributed by atoms with Crippen molar-refractivity contribution in [3.8, 4) is 34.0 Å². The van der Waals surface area contributed by atoms with Gasteiger partial charge in [0, 0.05) is 11.1 Å². The van der Waals surface area contributed by atoms with Crippen molar-refractivity contribution in [1.29, 1.82) is 0 Å². The summed E-state index contributed by atoms with van der Waals surface area (Å²) < 4.78 is 37.2. The van der Waals surface area contributed by atoms with E-state index >= 15 is 0 Å². The number of imidazole rings is 1. The Balaban J connectivity index is 1.79. The van der Waals surface area contributed by atoms with E-state index in [4.69, 9.17) is 14.6 Å². The molecule has 8 heteroatoms. The monoisotopic (exact) mass is 451 g/mol. The van der Waals surface area contributed by atoms with E-state index in [1.54, 1.807) is 30.9 Å². The number of aromatic nitrogens is 3. The maximum absolute atomic E-state index is 12.4. The largest absolute Gasteiger partial charge is 0.493 e. The van der Waals surface area contributed by atoms with E-state index in [9.17, 15) is 8.42 Å². The van der Waals surface area contributed by atoms with Crippen LogP contribution in [0.4, 0.5) is 0 Å². The van der Waals surface area contributed by atoms with Crippen LogP contribution in [0.1, 0.15) is 19.0 Å². The van der Waals surface area contributed by atoms with Crippen LogP contribution in [0.5, 0.6) is 11.5 Å². The predicted octanol–water partition coefficient (Wildman–Crippen LogP) is 4.57. The maximum Gasteiger partial charge on any atom is 0.178 e. The van der Waals surface area contributed by atoms with Crippen molar-refractivity contribution in [2.45, 2.75) is 25.2 Å². The molecule has 166 valence electrons. The summed E-state index contributed by atoms with van der Waals surface area (Å²) in [5, 5.41) is 4.81. The molecule has 0 spiro atoms. The van der Waals surface area contributed by atoms with Crippen LogP contribution in [0.25, 0.3) is 28.2 Å². The molecule has 0 atom stereocenters. The van der Waals surface area contributed by atoms with Crippen molar-refractivity contribution in [1.82, 2.24) is 14.6 Å². The fourth-order valence-electron chi connectivity index (χ4n) is 3.73. The topological polar surface area (TPSA) is 82.8 Å². The number of benzene rings is 2. The maximum atomic E-state index is 12.4. The van der Waals surface area contributed by atoms with Crippen molar-refractivity contribution in [3.63, 3.8) is 0 Å². The lowest BCUT2D eigenvalue weighted by molar-refractivity contribution is 0.355. The Morgan fingerprint density at radius 2 is 1.59 bits per heavy atom. The second-order valence-corrected chi connectivity index (χ2v) is 9.56. The minimum Gasteiger partial charge on any atom is -0.493 e. The lowest BCUT2D eigenvalue weighted by atomic mass is 10.1. The zero-order chi connectivity index (χ0) is 22.9. The minimum atomic E-state index is -3.26. The van der Waals surface area contributed by atoms with Crippen molar-refractivity contribution in [3.05, 3.63) is 60.3 Å². The number of hydrogen-bond donors (Lipinski definition) is 0. The highest BCUT2D eigenvalue weighted by Gasteiger charge is 2.17. The van der Waals surface area contributed by atoms with E-state index in [0.717, 1.165) is 28.2 Å². The third-order valence-electron chi connectivity index (χ3n) is 5.29. The van der Waals surface area contributed by atoms with Crippen molar-refractivity contribution in [2.75, 3.05) is 20.0 Å². The Morgan fingerprint density at radius 3 is 2.25 bits per heavy atom. The first kappa shape index (κ1) is 21.8. The number of aryl methyl sites for hydroxylation is 1. The van der Waals surface area contributed by atoms with Gasteiger partial charge in [-0.15, -0.1) is 0 Å². The molecule has 2 aromatic heterocycles. The molecule has 0 N–H and O–H groups in total. The number of sulfone groups is 1. The average Bonchev–Trinajstić information content (AvgIpc) is 3.13. The highest BCUT2D eigenvalue weighted by atomic mass is 32.2. The highest BCUT2D eigenvalue weighted by Crippen LogP contribution is 2.32. The SMILES string of the molecule is CCCS(=O)(=O)c1ccc(-c2c(C)nc3ccc(-c4ccc(OC)c(OC)c4)nn23)cc1. The summed E-state index contributed by atoms with van der Waals surface area (Å²) in [6.07, 6.45) is 0.583. The second kappa shape index (κ2) is 8.63. The molecule has 0 saturated carbocycles. The molecule has 0 radical (unpaired) electrons. The van der Waals surface area contributed by atoms with Crippen LogP contribution in [0.15, 0.2) is 59.5 Å². The highest BCUT2D eigenvalue weighted by molar-refractivity contribution is 7.91. The Kier molecular flexibility index (Phi) is 5.88. The van der Waals surface area contributed by atoms with Crippen LogP contribution in [-0.4, -0.2) is 43.0 Å². The van der Waals surface area contributed by atoms with Crippen LogP contribution in [0, 0.1) is 6.92 Å². The fraction of sp³-hybridized carbons (Fsp3) is 0.250. The second-order valence-electron chi connectivity index (χ2n) is 7.45. The Bertz CT molecular complexity index is 1380. The number of nitrogens with zero attached hydrogens (tertiary/aromatic N) is 3. The predicted molar refractivity (Wildman–Crippen MR) is 124 cm³/mol. The van der Waals surface area contributed by atoms with Gasteiger partial charge in [0.05, 0.1) is 41.9 Å². The van der Waals surface area contributed by atoms with Crippen LogP contribution in [0.3, 0.4) is 0 Å². The summed E-state index contributed by atoms with van der Waals surface area (Å²) in [6, 6.07) is 16.4. The Labute approximate surface area is 187 Å². The molecule has 4 aromatic rings. The summed E-state index contributed by atoms with van der Waals surface area (Å²) in [7, 11) is -0.0683. The summed E-state index contributed by atoms with van der Waals surface area (Å²) in [5.74, 6) is 1.41. The molecule has 4 rings (SSSR count). The van der Waals surface area contributed by atoms with Crippen molar-refractivity contribution >= 4 is 15.5 Å². The van der Waals surface area contributed by atoms with E-state index in [-0.39, 0.29) is 5.75 Å². The molecule has 2 heterocycles. The molecule has 0 aliphatic carbocycles. The standard InChI is InChI=1S/C24H25N3O4S/c1-5-14-32(28,29)19-9-6-17(7-10-19)24-16(2)25-23-13-11-20(26-27(23)24)18-8-12-21(30-3)22(15-18)31-4/h6-13,15H,5,14H2,1-4H3. The summed E-state index contributed by atoms with van der Waals surface area (Å²) in [4.78, 5) is 4.95. The van der Waals surface area contributed by atoms with Crippen molar-refractivity contribution in [2.24, 2.45) is 0 Å². The van der Waals surface area contributed by atoms with Crippen molar-refractivity contribution < 1.29 is 17.9 Å². The van der Waals surface area contributed by atoms with Gasteiger partial charge >= 0.3 is 0 Å². The first-order valence-electron chi connectivity index (χ1n) is 10.3. The molecule has 0 aliphatic heterocycles. The fourth-order valence-corrected chi connectivity index (χ4v) is 5.05. The van der Waals surface area contributed by atoms with Crippen LogP contribution >= 0.6 is 0 Å². The van der Waals surface area contributed by atoms with E-state index in [0.29, 0.717) is 28.5 Å². The normalized spacial score (nSPS) is 11.6. The molecule has 0 amide bonds. The van der Waals surface area contributed by atoms with Gasteiger partial charge in [-0.2, -0.15) is 5.10 Å². The quantitative estimate of drug-likeness (QED) is 0.409. The first-order valence-corrected chi connectivity index (χ1v) is 11.9. The summed E-state index contributed by atoms with van der Waals surface area (Å²) >= 11 is 0. The van der Waals surface area contributed by atoms with Gasteiger partial charge in [0.2, 0.25) is 0 Å². The summed E-state index contributed by atoms with van der Waals surface area (Å²) in [5.41, 5.74) is 4.82. The van der Waals surface area contributed by atoms with Crippen LogP contribution < -0.4 is 9.47 Å². The van der Waals surface area contributed by atoms with Gasteiger partial charge in [-0.05, 0) is 55.8 Å². The van der Waals surface area contributed by atoms with E-state index in [2.05, 4.69) is 4.98 Å². The van der Waals surface area contributed by atoms with E-state index < -0.39 is 9.84 Å². The van der Waals surface area contributed by atoms with Gasteiger partial charge in [-0.25, -0.2) is 17.9 Å². The average molecular weight is 452 g/mol. The number of hydrogen-bond acceptors (Lipinski definition) is 6. The van der Waals surface area contributed by atoms with Gasteiger partial charge in [0.15, 0.2) is 27.0 Å². The molecule has 0 aliphatic rings. The number of fused-ring (bicyclic) bond motifs is 1. The van der Waals surface area contributed by atoms with E-state index in [1.165, 1.54) is 0 Å². The molecular formula is C24H25N3O4S. The van der Waals surface area contributed by atoms with Crippen LogP contribution in [0.2, 0.25) is 0 Å². The van der Waals surface area contributed by atoms with Crippen LogP contribution in [-0.2, 0) is 9.84 Å².